The van der Waals surface area contributed by atoms with Gasteiger partial charge in [0.25, 0.3) is 5.91 Å². The predicted molar refractivity (Wildman–Crippen MR) is 120 cm³/mol. The molecule has 2 aliphatic rings. The highest BCUT2D eigenvalue weighted by molar-refractivity contribution is 8.26. The van der Waals surface area contributed by atoms with Gasteiger partial charge in [0.05, 0.1) is 17.2 Å². The van der Waals surface area contributed by atoms with Crippen LogP contribution in [0.3, 0.4) is 0 Å². The van der Waals surface area contributed by atoms with Crippen LogP contribution in [0.25, 0.3) is 6.08 Å². The number of benzene rings is 2. The van der Waals surface area contributed by atoms with Gasteiger partial charge in [0.1, 0.15) is 10.1 Å². The summed E-state index contributed by atoms with van der Waals surface area (Å²) in [5, 5.41) is 2.66. The first-order valence-electron chi connectivity index (χ1n) is 9.32. The van der Waals surface area contributed by atoms with E-state index >= 15 is 0 Å². The predicted octanol–water partition coefficient (Wildman–Crippen LogP) is 4.58. The van der Waals surface area contributed by atoms with E-state index in [-0.39, 0.29) is 5.91 Å². The summed E-state index contributed by atoms with van der Waals surface area (Å²) in [6.07, 6.45) is 2.86. The third-order valence-corrected chi connectivity index (χ3v) is 5.91. The lowest BCUT2D eigenvalue weighted by atomic mass is 10.1. The second-order valence-corrected chi connectivity index (χ2v) is 8.92. The third kappa shape index (κ3) is 4.23. The Bertz CT molecular complexity index is 964. The number of hydrogen-bond donors (Lipinski definition) is 1. The maximum Gasteiger partial charge on any atom is 0.263 e. The first-order chi connectivity index (χ1) is 13.5. The quantitative estimate of drug-likeness (QED) is 0.592. The molecule has 4 rings (SSSR count). The Morgan fingerprint density at radius 3 is 2.71 bits per heavy atom. The lowest BCUT2D eigenvalue weighted by Crippen LogP contribution is -2.23. The summed E-state index contributed by atoms with van der Waals surface area (Å²) in [6.45, 7) is 6.74. The largest absolute Gasteiger partial charge is 0.491 e. The van der Waals surface area contributed by atoms with E-state index < -0.39 is 0 Å². The second-order valence-electron chi connectivity index (χ2n) is 7.20. The lowest BCUT2D eigenvalue weighted by Gasteiger charge is -2.25. The molecule has 0 spiro atoms. The molecule has 2 aromatic carbocycles. The molecule has 6 heteroatoms. The van der Waals surface area contributed by atoms with Crippen LogP contribution in [0.2, 0.25) is 0 Å². The molecule has 2 aliphatic heterocycles. The highest BCUT2D eigenvalue weighted by Crippen LogP contribution is 2.35. The van der Waals surface area contributed by atoms with E-state index in [1.807, 2.05) is 18.2 Å². The summed E-state index contributed by atoms with van der Waals surface area (Å²) in [4.78, 5) is 15.0. The van der Waals surface area contributed by atoms with Gasteiger partial charge in [-0.15, -0.1) is 0 Å². The Morgan fingerprint density at radius 1 is 1.21 bits per heavy atom. The number of thiocarbonyl (C=S) groups is 1. The monoisotopic (exact) mass is 410 g/mol. The van der Waals surface area contributed by atoms with Crippen LogP contribution < -0.4 is 15.0 Å². The van der Waals surface area contributed by atoms with Crippen molar-refractivity contribution in [2.24, 2.45) is 0 Å². The molecule has 0 aromatic heterocycles. The topological polar surface area (TPSA) is 41.6 Å². The maximum absolute atomic E-state index is 12.0. The molecule has 0 saturated carbocycles. The number of nitrogens with zero attached hydrogens (tertiary/aromatic N) is 1. The van der Waals surface area contributed by atoms with Crippen LogP contribution in [-0.2, 0) is 11.3 Å². The Labute approximate surface area is 175 Å². The van der Waals surface area contributed by atoms with Crippen LogP contribution in [0.5, 0.6) is 5.75 Å². The van der Waals surface area contributed by atoms with Crippen LogP contribution in [0.4, 0.5) is 5.69 Å². The Hall–Kier alpha value is -2.31. The minimum atomic E-state index is -0.131. The zero-order chi connectivity index (χ0) is 19.7. The number of rotatable bonds is 3. The molecule has 2 aromatic rings. The summed E-state index contributed by atoms with van der Waals surface area (Å²) < 4.78 is 6.46. The number of nitrogens with one attached hydrogen (secondary N) is 1. The van der Waals surface area contributed by atoms with Crippen LogP contribution >= 0.6 is 24.0 Å². The number of amides is 1. The molecule has 0 unspecified atom stereocenters. The third-order valence-electron chi connectivity index (χ3n) is 4.75. The molecule has 2 heterocycles. The van der Waals surface area contributed by atoms with Crippen LogP contribution in [0.1, 0.15) is 28.7 Å². The number of aryl methyl sites for hydroxylation is 2. The molecule has 1 fully saturated rings. The molecule has 0 atom stereocenters. The summed E-state index contributed by atoms with van der Waals surface area (Å²) in [7, 11) is 0. The molecule has 4 nitrogen and oxygen atoms in total. The highest BCUT2D eigenvalue weighted by Gasteiger charge is 2.23. The highest BCUT2D eigenvalue weighted by atomic mass is 32.2. The zero-order valence-corrected chi connectivity index (χ0v) is 17.6. The van der Waals surface area contributed by atoms with Gasteiger partial charge in [0.2, 0.25) is 0 Å². The van der Waals surface area contributed by atoms with Gasteiger partial charge in [0, 0.05) is 13.1 Å². The van der Waals surface area contributed by atoms with Crippen LogP contribution in [0.15, 0.2) is 41.3 Å². The molecule has 28 heavy (non-hydrogen) atoms. The normalized spacial score (nSPS) is 17.9. The molecule has 1 N–H and O–H groups in total. The second kappa shape index (κ2) is 7.97. The van der Waals surface area contributed by atoms with E-state index in [0.717, 1.165) is 36.5 Å². The van der Waals surface area contributed by atoms with Crippen molar-refractivity contribution in [1.82, 2.24) is 5.32 Å². The van der Waals surface area contributed by atoms with E-state index in [4.69, 9.17) is 17.0 Å². The number of anilines is 1. The minimum Gasteiger partial charge on any atom is -0.491 e. The van der Waals surface area contributed by atoms with Gasteiger partial charge in [0.15, 0.2) is 0 Å². The molecular weight excluding hydrogens is 388 g/mol. The molecule has 144 valence electrons. The lowest BCUT2D eigenvalue weighted by molar-refractivity contribution is -0.115. The van der Waals surface area contributed by atoms with Crippen molar-refractivity contribution in [2.45, 2.75) is 26.8 Å². The van der Waals surface area contributed by atoms with Crippen molar-refractivity contribution >= 4 is 46.0 Å². The Morgan fingerprint density at radius 2 is 2.00 bits per heavy atom. The fraction of sp³-hybridized carbons (Fsp3) is 0.273. The van der Waals surface area contributed by atoms with E-state index in [1.54, 1.807) is 0 Å². The van der Waals surface area contributed by atoms with Crippen molar-refractivity contribution < 1.29 is 9.53 Å². The van der Waals surface area contributed by atoms with Crippen molar-refractivity contribution in [3.05, 3.63) is 63.6 Å². The standard InChI is InChI=1S/C22H22N2O2S2/c1-14-8-15(2)10-17(9-14)13-24-6-3-7-26-19-5-4-16(11-18(19)24)12-20-21(25)23-22(27)28-20/h4-5,8-12H,3,6-7,13H2,1-2H3,(H,23,25,27). The average molecular weight is 411 g/mol. The summed E-state index contributed by atoms with van der Waals surface area (Å²) >= 11 is 6.38. The molecule has 0 radical (unpaired) electrons. The van der Waals surface area contributed by atoms with Crippen molar-refractivity contribution in [3.8, 4) is 5.75 Å². The van der Waals surface area contributed by atoms with Crippen LogP contribution in [0, 0.1) is 13.8 Å². The van der Waals surface area contributed by atoms with Crippen LogP contribution in [-0.4, -0.2) is 23.4 Å². The SMILES string of the molecule is Cc1cc(C)cc(CN2CCCOc3ccc(C=C4SC(=S)NC4=O)cc32)c1. The number of thioether (sulfide) groups is 1. The van der Waals surface area contributed by atoms with Crippen molar-refractivity contribution in [2.75, 3.05) is 18.1 Å². The van der Waals surface area contributed by atoms with E-state index in [0.29, 0.717) is 15.8 Å². The summed E-state index contributed by atoms with van der Waals surface area (Å²) in [5.41, 5.74) is 5.89. The van der Waals surface area contributed by atoms with E-state index in [2.05, 4.69) is 48.3 Å². The molecule has 1 saturated heterocycles. The maximum atomic E-state index is 12.0. The Balaban J connectivity index is 1.67. The average Bonchev–Trinajstić information content (AvgIpc) is 2.83. The number of hydrogen-bond acceptors (Lipinski definition) is 5. The van der Waals surface area contributed by atoms with Gasteiger partial charge in [-0.3, -0.25) is 4.79 Å². The minimum absolute atomic E-state index is 0.131. The van der Waals surface area contributed by atoms with Crippen molar-refractivity contribution in [1.29, 1.82) is 0 Å². The number of ether oxygens (including phenoxy) is 1. The Kier molecular flexibility index (Phi) is 5.42. The smallest absolute Gasteiger partial charge is 0.263 e. The van der Waals surface area contributed by atoms with Gasteiger partial charge in [-0.05, 0) is 49.6 Å². The van der Waals surface area contributed by atoms with Gasteiger partial charge >= 0.3 is 0 Å². The number of carbonyl (C=O) groups excluding carboxylic acids is 1. The van der Waals surface area contributed by atoms with Crippen molar-refractivity contribution in [3.63, 3.8) is 0 Å². The molecular formula is C22H22N2O2S2. The fourth-order valence-corrected chi connectivity index (χ4v) is 4.71. The van der Waals surface area contributed by atoms with E-state index in [9.17, 15) is 4.79 Å². The van der Waals surface area contributed by atoms with Gasteiger partial charge in [-0.2, -0.15) is 0 Å². The summed E-state index contributed by atoms with van der Waals surface area (Å²) in [5.74, 6) is 0.761. The van der Waals surface area contributed by atoms with E-state index in [1.165, 1.54) is 28.5 Å². The molecule has 1 amide bonds. The van der Waals surface area contributed by atoms with Gasteiger partial charge in [-0.1, -0.05) is 59.4 Å². The first-order valence-corrected chi connectivity index (χ1v) is 10.5. The first kappa shape index (κ1) is 19.0. The zero-order valence-electron chi connectivity index (χ0n) is 16.0. The number of fused-ring (bicyclic) bond motifs is 1. The number of carbonyl (C=O) groups is 1. The van der Waals surface area contributed by atoms with Gasteiger partial charge < -0.3 is 15.0 Å². The summed E-state index contributed by atoms with van der Waals surface area (Å²) in [6, 6.07) is 12.8. The molecule has 0 aliphatic carbocycles. The molecule has 0 bridgehead atoms. The van der Waals surface area contributed by atoms with Gasteiger partial charge in [-0.25, -0.2) is 0 Å². The fourth-order valence-electron chi connectivity index (χ4n) is 3.67.